The lowest BCUT2D eigenvalue weighted by Crippen LogP contribution is -2.30. The summed E-state index contributed by atoms with van der Waals surface area (Å²) in [6, 6.07) is 14.8. The Morgan fingerprint density at radius 2 is 2.05 bits per heavy atom. The van der Waals surface area contributed by atoms with Crippen LogP contribution in [0, 0.1) is 0 Å². The van der Waals surface area contributed by atoms with Crippen LogP contribution in [-0.4, -0.2) is 21.6 Å². The van der Waals surface area contributed by atoms with Gasteiger partial charge in [-0.3, -0.25) is 4.79 Å². The molecule has 1 atom stereocenters. The molecule has 3 aromatic rings. The number of benzene rings is 1. The molecule has 3 rings (SSSR count). The largest absolute Gasteiger partial charge is 0.481 e. The van der Waals surface area contributed by atoms with E-state index in [9.17, 15) is 4.79 Å². The van der Waals surface area contributed by atoms with Gasteiger partial charge in [0.05, 0.1) is 5.52 Å². The summed E-state index contributed by atoms with van der Waals surface area (Å²) < 4.78 is 7.33. The lowest BCUT2D eigenvalue weighted by Gasteiger charge is -2.14. The fourth-order valence-electron chi connectivity index (χ4n) is 2.00. The van der Waals surface area contributed by atoms with Gasteiger partial charge in [0.15, 0.2) is 6.10 Å². The van der Waals surface area contributed by atoms with E-state index in [1.54, 1.807) is 29.9 Å². The predicted molar refractivity (Wildman–Crippen MR) is 80.4 cm³/mol. The first-order chi connectivity index (χ1) is 10.2. The third-order valence-electron chi connectivity index (χ3n) is 3.09. The molecule has 1 unspecified atom stereocenters. The maximum Gasteiger partial charge on any atom is 0.265 e. The highest BCUT2D eigenvalue weighted by molar-refractivity contribution is 5.94. The lowest BCUT2D eigenvalue weighted by molar-refractivity contribution is -0.122. The van der Waals surface area contributed by atoms with Gasteiger partial charge in [0, 0.05) is 18.1 Å². The molecule has 5 heteroatoms. The third-order valence-corrected chi connectivity index (χ3v) is 3.09. The summed E-state index contributed by atoms with van der Waals surface area (Å²) in [6.45, 7) is 1.72. The van der Waals surface area contributed by atoms with Crippen molar-refractivity contribution in [2.24, 2.45) is 0 Å². The second-order valence-corrected chi connectivity index (χ2v) is 4.68. The molecule has 0 fully saturated rings. The van der Waals surface area contributed by atoms with E-state index in [2.05, 4.69) is 10.4 Å². The number of anilines is 1. The number of rotatable bonds is 4. The fraction of sp³-hybridized carbons (Fsp3) is 0.125. The Morgan fingerprint density at radius 3 is 2.86 bits per heavy atom. The number of hydrogen-bond acceptors (Lipinski definition) is 3. The molecule has 0 aliphatic heterocycles. The second kappa shape index (κ2) is 5.66. The van der Waals surface area contributed by atoms with Crippen molar-refractivity contribution in [2.45, 2.75) is 13.0 Å². The van der Waals surface area contributed by atoms with Crippen LogP contribution in [-0.2, 0) is 4.79 Å². The van der Waals surface area contributed by atoms with Gasteiger partial charge in [-0.25, -0.2) is 4.52 Å². The normalized spacial score (nSPS) is 12.0. The van der Waals surface area contributed by atoms with E-state index in [1.807, 2.05) is 42.5 Å². The molecule has 106 valence electrons. The Balaban J connectivity index is 1.67. The van der Waals surface area contributed by atoms with Crippen molar-refractivity contribution in [1.29, 1.82) is 0 Å². The van der Waals surface area contributed by atoms with Crippen molar-refractivity contribution in [3.8, 4) is 5.75 Å². The molecule has 1 aromatic carbocycles. The van der Waals surface area contributed by atoms with Crippen molar-refractivity contribution in [1.82, 2.24) is 9.61 Å². The van der Waals surface area contributed by atoms with Crippen LogP contribution in [0.25, 0.3) is 5.52 Å². The first-order valence-corrected chi connectivity index (χ1v) is 6.68. The standard InChI is InChI=1S/C16H15N3O2/c1-12(21-15-5-3-2-4-6-15)16(20)18-13-8-10-19-14(11-13)7-9-17-19/h2-12H,1H3,(H,18,20). The van der Waals surface area contributed by atoms with Crippen molar-refractivity contribution >= 4 is 17.1 Å². The van der Waals surface area contributed by atoms with Crippen LogP contribution in [0.1, 0.15) is 6.92 Å². The number of carbonyl (C=O) groups is 1. The number of ether oxygens (including phenoxy) is 1. The van der Waals surface area contributed by atoms with Crippen LogP contribution >= 0.6 is 0 Å². The number of para-hydroxylation sites is 1. The molecule has 21 heavy (non-hydrogen) atoms. The molecule has 0 aliphatic carbocycles. The minimum Gasteiger partial charge on any atom is -0.481 e. The highest BCUT2D eigenvalue weighted by Gasteiger charge is 2.14. The SMILES string of the molecule is CC(Oc1ccccc1)C(=O)Nc1ccn2nccc2c1. The van der Waals surface area contributed by atoms with Gasteiger partial charge in [-0.15, -0.1) is 0 Å². The van der Waals surface area contributed by atoms with Crippen molar-refractivity contribution in [3.05, 3.63) is 60.9 Å². The van der Waals surface area contributed by atoms with Gasteiger partial charge in [-0.2, -0.15) is 5.10 Å². The van der Waals surface area contributed by atoms with Crippen molar-refractivity contribution < 1.29 is 9.53 Å². The Labute approximate surface area is 122 Å². The molecular weight excluding hydrogens is 266 g/mol. The minimum absolute atomic E-state index is 0.192. The van der Waals surface area contributed by atoms with Crippen LogP contribution in [0.4, 0.5) is 5.69 Å². The van der Waals surface area contributed by atoms with Crippen LogP contribution in [0.5, 0.6) is 5.75 Å². The monoisotopic (exact) mass is 281 g/mol. The van der Waals surface area contributed by atoms with E-state index < -0.39 is 6.10 Å². The summed E-state index contributed by atoms with van der Waals surface area (Å²) in [7, 11) is 0. The number of hydrogen-bond donors (Lipinski definition) is 1. The van der Waals surface area contributed by atoms with E-state index in [1.165, 1.54) is 0 Å². The average molecular weight is 281 g/mol. The number of nitrogens with one attached hydrogen (secondary N) is 1. The molecule has 1 N–H and O–H groups in total. The average Bonchev–Trinajstić information content (AvgIpc) is 2.95. The second-order valence-electron chi connectivity index (χ2n) is 4.68. The summed E-state index contributed by atoms with van der Waals surface area (Å²) in [4.78, 5) is 12.1. The molecule has 0 radical (unpaired) electrons. The zero-order valence-electron chi connectivity index (χ0n) is 11.6. The number of fused-ring (bicyclic) bond motifs is 1. The topological polar surface area (TPSA) is 55.6 Å². The first kappa shape index (κ1) is 13.2. The molecule has 0 aliphatic rings. The van der Waals surface area contributed by atoms with Gasteiger partial charge >= 0.3 is 0 Å². The molecule has 2 heterocycles. The minimum atomic E-state index is -0.575. The maximum absolute atomic E-state index is 12.1. The van der Waals surface area contributed by atoms with Gasteiger partial charge in [-0.1, -0.05) is 18.2 Å². The molecular formula is C16H15N3O2. The highest BCUT2D eigenvalue weighted by atomic mass is 16.5. The van der Waals surface area contributed by atoms with E-state index in [-0.39, 0.29) is 5.91 Å². The maximum atomic E-state index is 12.1. The molecule has 2 aromatic heterocycles. The number of amides is 1. The third kappa shape index (κ3) is 3.02. The number of nitrogens with zero attached hydrogens (tertiary/aromatic N) is 2. The zero-order chi connectivity index (χ0) is 14.7. The predicted octanol–water partition coefficient (Wildman–Crippen LogP) is 2.74. The summed E-state index contributed by atoms with van der Waals surface area (Å²) in [6.07, 6.45) is 2.93. The van der Waals surface area contributed by atoms with Crippen LogP contribution < -0.4 is 10.1 Å². The van der Waals surface area contributed by atoms with E-state index in [0.29, 0.717) is 5.75 Å². The Kier molecular flexibility index (Phi) is 3.55. The van der Waals surface area contributed by atoms with Gasteiger partial charge in [-0.05, 0) is 37.3 Å². The number of pyridine rings is 1. The first-order valence-electron chi connectivity index (χ1n) is 6.68. The summed E-state index contributed by atoms with van der Waals surface area (Å²) in [5.41, 5.74) is 1.64. The Hall–Kier alpha value is -2.82. The lowest BCUT2D eigenvalue weighted by atomic mass is 10.3. The van der Waals surface area contributed by atoms with E-state index >= 15 is 0 Å². The Morgan fingerprint density at radius 1 is 1.24 bits per heavy atom. The molecule has 1 amide bonds. The zero-order valence-corrected chi connectivity index (χ0v) is 11.6. The van der Waals surface area contributed by atoms with Gasteiger partial charge < -0.3 is 10.1 Å². The van der Waals surface area contributed by atoms with Crippen LogP contribution in [0.2, 0.25) is 0 Å². The van der Waals surface area contributed by atoms with Crippen LogP contribution in [0.15, 0.2) is 60.9 Å². The van der Waals surface area contributed by atoms with E-state index in [0.717, 1.165) is 11.2 Å². The molecule has 0 saturated heterocycles. The smallest absolute Gasteiger partial charge is 0.265 e. The summed E-state index contributed by atoms with van der Waals surface area (Å²) in [5, 5.41) is 6.95. The van der Waals surface area contributed by atoms with Crippen molar-refractivity contribution in [2.75, 3.05) is 5.32 Å². The molecule has 5 nitrogen and oxygen atoms in total. The quantitative estimate of drug-likeness (QED) is 0.800. The molecule has 0 spiro atoms. The Bertz CT molecular complexity index is 752. The molecule has 0 bridgehead atoms. The summed E-state index contributed by atoms with van der Waals surface area (Å²) >= 11 is 0. The van der Waals surface area contributed by atoms with Crippen molar-refractivity contribution in [3.63, 3.8) is 0 Å². The number of aromatic nitrogens is 2. The summed E-state index contributed by atoms with van der Waals surface area (Å²) in [5.74, 6) is 0.481. The fourth-order valence-corrected chi connectivity index (χ4v) is 2.00. The molecule has 0 saturated carbocycles. The number of carbonyl (C=O) groups excluding carboxylic acids is 1. The highest BCUT2D eigenvalue weighted by Crippen LogP contribution is 2.14. The van der Waals surface area contributed by atoms with Gasteiger partial charge in [0.1, 0.15) is 5.75 Å². The van der Waals surface area contributed by atoms with Crippen LogP contribution in [0.3, 0.4) is 0 Å². The van der Waals surface area contributed by atoms with Gasteiger partial charge in [0.25, 0.3) is 5.91 Å². The van der Waals surface area contributed by atoms with E-state index in [4.69, 9.17) is 4.74 Å². The van der Waals surface area contributed by atoms with Gasteiger partial charge in [0.2, 0.25) is 0 Å².